The van der Waals surface area contributed by atoms with Crippen molar-refractivity contribution in [1.29, 1.82) is 0 Å². The van der Waals surface area contributed by atoms with Crippen LogP contribution in [0.4, 0.5) is 0 Å². The van der Waals surface area contributed by atoms with Crippen LogP contribution in [0.15, 0.2) is 0 Å². The third-order valence-corrected chi connectivity index (χ3v) is 0. The van der Waals surface area contributed by atoms with Crippen molar-refractivity contribution in [2.45, 2.75) is 0 Å². The van der Waals surface area contributed by atoms with Gasteiger partial charge in [0.1, 0.15) is 0 Å². The van der Waals surface area contributed by atoms with Crippen LogP contribution in [0.25, 0.3) is 0 Å². The predicted octanol–water partition coefficient (Wildman–Crippen LogP) is -1.53. The molecule has 0 radical (unpaired) electrons. The average Bonchev–Trinajstić information content (AvgIpc) is 0. The van der Waals surface area contributed by atoms with Gasteiger partial charge in [-0.15, -0.1) is 0 Å². The van der Waals surface area contributed by atoms with Gasteiger partial charge in [0.15, 0.2) is 0 Å². The molecule has 0 rings (SSSR count). The molecule has 0 amide bonds. The molecule has 0 N–H and O–H groups in total. The van der Waals surface area contributed by atoms with E-state index >= 15 is 0 Å². The van der Waals surface area contributed by atoms with Crippen LogP contribution in [0, 0.1) is 0 Å². The fourth-order valence-electron chi connectivity index (χ4n) is 0. The number of hydrogen-bond donors (Lipinski definition) is 0. The molecule has 0 spiro atoms. The Morgan fingerprint density at radius 1 is 0.500 bits per heavy atom. The van der Waals surface area contributed by atoms with Crippen LogP contribution in [0.5, 0.6) is 0 Å². The van der Waals surface area contributed by atoms with Crippen LogP contribution >= 0.6 is 0 Å². The van der Waals surface area contributed by atoms with E-state index in [1.807, 2.05) is 0 Å². The Balaban J connectivity index is 0. The summed E-state index contributed by atoms with van der Waals surface area (Å²) in [5.74, 6) is 0. The first kappa shape index (κ1) is 57.5. The smallest absolute Gasteiger partial charge is 2.00 e. The molecule has 0 saturated heterocycles. The van der Waals surface area contributed by atoms with Gasteiger partial charge in [-0.3, -0.25) is 0 Å². The number of hydrogen-bond acceptors (Lipinski definition) is 0. The van der Waals surface area contributed by atoms with E-state index in [4.69, 9.17) is 0 Å². The zero-order valence-corrected chi connectivity index (χ0v) is 13.2. The maximum Gasteiger partial charge on any atom is 4.00 e. The van der Waals surface area contributed by atoms with Crippen molar-refractivity contribution in [2.24, 2.45) is 0 Å². The second-order valence-electron chi connectivity index (χ2n) is 0. The first-order valence-corrected chi connectivity index (χ1v) is 0. The molecule has 0 saturated carbocycles. The third kappa shape index (κ3) is 26.3. The van der Waals surface area contributed by atoms with Crippen molar-refractivity contribution in [3.8, 4) is 0 Å². The van der Waals surface area contributed by atoms with E-state index in [0.29, 0.717) is 0 Å². The van der Waals surface area contributed by atoms with E-state index < -0.39 is 0 Å². The van der Waals surface area contributed by atoms with E-state index in [2.05, 4.69) is 0 Å². The van der Waals surface area contributed by atoms with Crippen molar-refractivity contribution in [3.63, 3.8) is 0 Å². The summed E-state index contributed by atoms with van der Waals surface area (Å²) in [7, 11) is 0. The molecule has 0 aromatic rings. The molecule has 0 aliphatic carbocycles. The van der Waals surface area contributed by atoms with Crippen molar-refractivity contribution < 1.29 is 40.5 Å². The fraction of sp³-hybridized carbons (Fsp3) is 0. The first-order chi connectivity index (χ1) is 0. The Hall–Kier alpha value is 3.39. The molecular formula is PtRuSe4. The van der Waals surface area contributed by atoms with Crippen LogP contribution < -0.4 is 0 Å². The Morgan fingerprint density at radius 3 is 0.500 bits per heavy atom. The van der Waals surface area contributed by atoms with Crippen LogP contribution in [0.3, 0.4) is 0 Å². The van der Waals surface area contributed by atoms with Crippen LogP contribution in [-0.4, -0.2) is 68.3 Å². The normalized spacial score (nSPS) is 0. The minimum atomic E-state index is 0. The minimum Gasteiger partial charge on any atom is -2.00 e. The summed E-state index contributed by atoms with van der Waals surface area (Å²) in [6.45, 7) is 0. The predicted molar refractivity (Wildman–Crippen MR) is 23.0 cm³/mol. The quantitative estimate of drug-likeness (QED) is 0.292. The second kappa shape index (κ2) is 39.9. The van der Waals surface area contributed by atoms with E-state index in [0.717, 1.165) is 0 Å². The van der Waals surface area contributed by atoms with Gasteiger partial charge in [-0.25, -0.2) is 0 Å². The van der Waals surface area contributed by atoms with Gasteiger partial charge in [-0.1, -0.05) is 0 Å². The molecule has 0 aliphatic rings. The first-order valence-electron chi connectivity index (χ1n) is 0. The molecule has 0 aliphatic heterocycles. The van der Waals surface area contributed by atoms with Gasteiger partial charge in [-0.05, 0) is 0 Å². The SMILES string of the molecule is [Pt+4].[Ru+4].[Se-2].[Se-2].[Se-2].[Se-2]. The van der Waals surface area contributed by atoms with Crippen molar-refractivity contribution in [3.05, 3.63) is 0 Å². The third-order valence-electron chi connectivity index (χ3n) is 0. The molecular weight excluding hydrogens is 612 g/mol. The molecule has 0 fully saturated rings. The zero-order chi connectivity index (χ0) is 0. The Bertz CT molecular complexity index is 7.51. The zero-order valence-electron chi connectivity index (χ0n) is 2.30. The van der Waals surface area contributed by atoms with E-state index in [1.54, 1.807) is 0 Å². The maximum atomic E-state index is 0. The van der Waals surface area contributed by atoms with Gasteiger partial charge in [-0.2, -0.15) is 0 Å². The molecule has 42 valence electrons. The van der Waals surface area contributed by atoms with Gasteiger partial charge in [0.25, 0.3) is 0 Å². The van der Waals surface area contributed by atoms with Crippen LogP contribution in [0.1, 0.15) is 0 Å². The van der Waals surface area contributed by atoms with Gasteiger partial charge >= 0.3 is 40.5 Å². The molecule has 0 heterocycles. The molecule has 0 aromatic carbocycles. The summed E-state index contributed by atoms with van der Waals surface area (Å²) in [5, 5.41) is 0. The second-order valence-corrected chi connectivity index (χ2v) is 0. The Labute approximate surface area is 107 Å². The van der Waals surface area contributed by atoms with E-state index in [1.165, 1.54) is 0 Å². The maximum absolute atomic E-state index is 0. The molecule has 6 heavy (non-hydrogen) atoms. The molecule has 0 unspecified atom stereocenters. The summed E-state index contributed by atoms with van der Waals surface area (Å²) in [6, 6.07) is 0. The van der Waals surface area contributed by atoms with Crippen LogP contribution in [-0.2, 0) is 40.5 Å². The molecule has 0 aromatic heterocycles. The van der Waals surface area contributed by atoms with Crippen molar-refractivity contribution in [1.82, 2.24) is 0 Å². The van der Waals surface area contributed by atoms with Gasteiger partial charge < -0.3 is 68.3 Å². The van der Waals surface area contributed by atoms with E-state index in [-0.39, 0.29) is 109 Å². The summed E-state index contributed by atoms with van der Waals surface area (Å²) >= 11 is 0. The Kier molecular flexibility index (Phi) is 382. The van der Waals surface area contributed by atoms with Gasteiger partial charge in [0.05, 0.1) is 0 Å². The molecule has 6 heteroatoms. The Morgan fingerprint density at radius 2 is 0.500 bits per heavy atom. The molecule has 0 nitrogen and oxygen atoms in total. The number of rotatable bonds is 0. The average molecular weight is 612 g/mol. The van der Waals surface area contributed by atoms with Crippen molar-refractivity contribution >= 4 is 68.3 Å². The van der Waals surface area contributed by atoms with Gasteiger partial charge in [0.2, 0.25) is 0 Å². The van der Waals surface area contributed by atoms with Gasteiger partial charge in [0, 0.05) is 0 Å². The fourth-order valence-corrected chi connectivity index (χ4v) is 0. The topological polar surface area (TPSA) is 0 Å². The summed E-state index contributed by atoms with van der Waals surface area (Å²) in [5.41, 5.74) is 0. The molecule has 0 bridgehead atoms. The molecule has 0 atom stereocenters. The minimum absolute atomic E-state index is 0. The summed E-state index contributed by atoms with van der Waals surface area (Å²) in [6.07, 6.45) is 0. The standard InChI is InChI=1S/Pt.Ru.4Se/q2*+4;4*-2. The monoisotopic (exact) mass is 617 g/mol. The summed E-state index contributed by atoms with van der Waals surface area (Å²) in [4.78, 5) is 0. The van der Waals surface area contributed by atoms with Crippen LogP contribution in [0.2, 0.25) is 0 Å². The summed E-state index contributed by atoms with van der Waals surface area (Å²) < 4.78 is 0. The van der Waals surface area contributed by atoms with E-state index in [9.17, 15) is 0 Å². The largest absolute Gasteiger partial charge is 4.00 e. The van der Waals surface area contributed by atoms with Crippen molar-refractivity contribution in [2.75, 3.05) is 0 Å².